The van der Waals surface area contributed by atoms with E-state index in [1.54, 1.807) is 24.3 Å². The Morgan fingerprint density at radius 3 is 2.67 bits per heavy atom. The van der Waals surface area contributed by atoms with Crippen molar-refractivity contribution < 1.29 is 17.5 Å². The number of halogens is 1. The summed E-state index contributed by atoms with van der Waals surface area (Å²) >= 11 is 0. The van der Waals surface area contributed by atoms with Crippen LogP contribution in [0.4, 0.5) is 10.1 Å². The van der Waals surface area contributed by atoms with Crippen LogP contribution in [0.5, 0.6) is 5.75 Å². The molecule has 0 fully saturated rings. The predicted octanol–water partition coefficient (Wildman–Crippen LogP) is 1.90. The lowest BCUT2D eigenvalue weighted by atomic mass is 10.2. The summed E-state index contributed by atoms with van der Waals surface area (Å²) in [5, 5.41) is 0. The van der Waals surface area contributed by atoms with Crippen molar-refractivity contribution in [1.29, 1.82) is 0 Å². The number of anilines is 1. The summed E-state index contributed by atoms with van der Waals surface area (Å²) < 4.78 is 44.9. The minimum absolute atomic E-state index is 0.0526. The molecule has 0 unspecified atom stereocenters. The summed E-state index contributed by atoms with van der Waals surface area (Å²) in [7, 11) is -2.31. The van der Waals surface area contributed by atoms with Crippen molar-refractivity contribution in [3.8, 4) is 5.75 Å². The Balaban J connectivity index is 2.17. The first-order valence-corrected chi connectivity index (χ1v) is 7.58. The maximum Gasteiger partial charge on any atom is 0.241 e. The fourth-order valence-electron chi connectivity index (χ4n) is 1.78. The van der Waals surface area contributed by atoms with Crippen LogP contribution in [0.3, 0.4) is 0 Å². The highest BCUT2D eigenvalue weighted by Crippen LogP contribution is 2.17. The fraction of sp³-hybridized carbons (Fsp3) is 0.143. The second-order valence-electron chi connectivity index (χ2n) is 4.40. The Bertz CT molecular complexity index is 727. The van der Waals surface area contributed by atoms with E-state index in [0.29, 0.717) is 5.75 Å². The largest absolute Gasteiger partial charge is 0.497 e. The number of nitrogen functional groups attached to an aromatic ring is 1. The first-order chi connectivity index (χ1) is 9.90. The molecule has 0 heterocycles. The van der Waals surface area contributed by atoms with Crippen molar-refractivity contribution >= 4 is 15.7 Å². The molecule has 0 spiro atoms. The molecule has 0 bridgehead atoms. The second kappa shape index (κ2) is 6.11. The molecule has 0 aliphatic carbocycles. The third-order valence-electron chi connectivity index (χ3n) is 2.80. The monoisotopic (exact) mass is 310 g/mol. The normalized spacial score (nSPS) is 11.3. The highest BCUT2D eigenvalue weighted by Gasteiger charge is 2.15. The summed E-state index contributed by atoms with van der Waals surface area (Å²) in [6.07, 6.45) is 0. The van der Waals surface area contributed by atoms with Gasteiger partial charge in [-0.15, -0.1) is 0 Å². The number of nitrogens with one attached hydrogen (secondary N) is 1. The third-order valence-corrected chi connectivity index (χ3v) is 4.19. The maximum atomic E-state index is 13.2. The molecule has 0 aromatic heterocycles. The highest BCUT2D eigenvalue weighted by molar-refractivity contribution is 7.89. The summed E-state index contributed by atoms with van der Waals surface area (Å²) in [6, 6.07) is 10.2. The Labute approximate surface area is 122 Å². The lowest BCUT2D eigenvalue weighted by molar-refractivity contribution is 0.414. The van der Waals surface area contributed by atoms with Crippen LogP contribution in [0.1, 0.15) is 5.56 Å². The van der Waals surface area contributed by atoms with Gasteiger partial charge in [-0.1, -0.05) is 12.1 Å². The van der Waals surface area contributed by atoms with Gasteiger partial charge in [0.05, 0.1) is 12.0 Å². The molecule has 2 aromatic rings. The van der Waals surface area contributed by atoms with Gasteiger partial charge < -0.3 is 10.5 Å². The molecule has 0 aliphatic heterocycles. The summed E-state index contributed by atoms with van der Waals surface area (Å²) in [6.45, 7) is 0.0654. The molecular weight excluding hydrogens is 295 g/mol. The fourth-order valence-corrected chi connectivity index (χ4v) is 2.87. The van der Waals surface area contributed by atoms with E-state index in [9.17, 15) is 12.8 Å². The zero-order chi connectivity index (χ0) is 15.5. The van der Waals surface area contributed by atoms with Crippen LogP contribution in [0.2, 0.25) is 0 Å². The number of rotatable bonds is 5. The van der Waals surface area contributed by atoms with Crippen LogP contribution >= 0.6 is 0 Å². The molecule has 0 saturated carbocycles. The van der Waals surface area contributed by atoms with Crippen molar-refractivity contribution in [2.75, 3.05) is 12.8 Å². The molecule has 0 amide bonds. The Hall–Kier alpha value is -2.12. The summed E-state index contributed by atoms with van der Waals surface area (Å²) in [4.78, 5) is -0.206. The van der Waals surface area contributed by atoms with E-state index >= 15 is 0 Å². The Morgan fingerprint density at radius 1 is 1.24 bits per heavy atom. The van der Waals surface area contributed by atoms with E-state index in [0.717, 1.165) is 17.7 Å². The van der Waals surface area contributed by atoms with Gasteiger partial charge in [-0.25, -0.2) is 17.5 Å². The molecule has 2 rings (SSSR count). The molecule has 2 aromatic carbocycles. The highest BCUT2D eigenvalue weighted by atomic mass is 32.2. The van der Waals surface area contributed by atoms with Gasteiger partial charge in [0, 0.05) is 12.2 Å². The second-order valence-corrected chi connectivity index (χ2v) is 6.16. The van der Waals surface area contributed by atoms with Gasteiger partial charge in [0.25, 0.3) is 0 Å². The van der Waals surface area contributed by atoms with Crippen molar-refractivity contribution in [2.24, 2.45) is 0 Å². The van der Waals surface area contributed by atoms with Gasteiger partial charge in [-0.2, -0.15) is 0 Å². The standard InChI is InChI=1S/C14H15FN2O3S/c1-20-13-4-2-3-10(5-13)9-17-21(18,19)14-7-11(15)6-12(16)8-14/h2-8,17H,9,16H2,1H3. The summed E-state index contributed by atoms with van der Waals surface area (Å²) in [5.41, 5.74) is 6.23. The zero-order valence-corrected chi connectivity index (χ0v) is 12.2. The van der Waals surface area contributed by atoms with E-state index in [-0.39, 0.29) is 17.1 Å². The van der Waals surface area contributed by atoms with Crippen LogP contribution in [-0.4, -0.2) is 15.5 Å². The molecule has 21 heavy (non-hydrogen) atoms. The Morgan fingerprint density at radius 2 is 2.00 bits per heavy atom. The van der Waals surface area contributed by atoms with Crippen LogP contribution in [-0.2, 0) is 16.6 Å². The van der Waals surface area contributed by atoms with Gasteiger partial charge >= 0.3 is 0 Å². The van der Waals surface area contributed by atoms with E-state index < -0.39 is 15.8 Å². The molecule has 0 atom stereocenters. The first kappa shape index (κ1) is 15.3. The predicted molar refractivity (Wildman–Crippen MR) is 77.8 cm³/mol. The number of hydrogen-bond acceptors (Lipinski definition) is 4. The smallest absolute Gasteiger partial charge is 0.241 e. The SMILES string of the molecule is COc1cccc(CNS(=O)(=O)c2cc(N)cc(F)c2)c1. The number of benzene rings is 2. The Kier molecular flexibility index (Phi) is 4.44. The van der Waals surface area contributed by atoms with Crippen molar-refractivity contribution in [1.82, 2.24) is 4.72 Å². The van der Waals surface area contributed by atoms with Gasteiger partial charge in [0.1, 0.15) is 11.6 Å². The maximum absolute atomic E-state index is 13.2. The van der Waals surface area contributed by atoms with Crippen LogP contribution in [0, 0.1) is 5.82 Å². The molecule has 0 radical (unpaired) electrons. The van der Waals surface area contributed by atoms with Crippen molar-refractivity contribution in [3.63, 3.8) is 0 Å². The van der Waals surface area contributed by atoms with Gasteiger partial charge in [0.15, 0.2) is 0 Å². The third kappa shape index (κ3) is 3.93. The van der Waals surface area contributed by atoms with Crippen molar-refractivity contribution in [2.45, 2.75) is 11.4 Å². The molecule has 7 heteroatoms. The molecule has 0 saturated heterocycles. The topological polar surface area (TPSA) is 81.4 Å². The quantitative estimate of drug-likeness (QED) is 0.826. The van der Waals surface area contributed by atoms with E-state index in [2.05, 4.69) is 4.72 Å². The van der Waals surface area contributed by atoms with Crippen LogP contribution in [0.25, 0.3) is 0 Å². The van der Waals surface area contributed by atoms with E-state index in [1.165, 1.54) is 13.2 Å². The first-order valence-electron chi connectivity index (χ1n) is 6.09. The van der Waals surface area contributed by atoms with E-state index in [4.69, 9.17) is 10.5 Å². The number of methoxy groups -OCH3 is 1. The number of nitrogens with two attached hydrogens (primary N) is 1. The number of sulfonamides is 1. The molecule has 5 nitrogen and oxygen atoms in total. The molecule has 3 N–H and O–H groups in total. The van der Waals surface area contributed by atoms with Crippen LogP contribution < -0.4 is 15.2 Å². The molecule has 112 valence electrons. The van der Waals surface area contributed by atoms with Crippen molar-refractivity contribution in [3.05, 3.63) is 53.8 Å². The lowest BCUT2D eigenvalue weighted by Gasteiger charge is -2.09. The van der Waals surface area contributed by atoms with Gasteiger partial charge in [-0.05, 0) is 35.9 Å². The van der Waals surface area contributed by atoms with E-state index in [1.807, 2.05) is 0 Å². The minimum atomic E-state index is -3.83. The zero-order valence-electron chi connectivity index (χ0n) is 11.3. The number of hydrogen-bond donors (Lipinski definition) is 2. The molecule has 0 aliphatic rings. The van der Waals surface area contributed by atoms with Gasteiger partial charge in [-0.3, -0.25) is 0 Å². The van der Waals surface area contributed by atoms with Crippen LogP contribution in [0.15, 0.2) is 47.4 Å². The van der Waals surface area contributed by atoms with Gasteiger partial charge in [0.2, 0.25) is 10.0 Å². The average molecular weight is 310 g/mol. The summed E-state index contributed by atoms with van der Waals surface area (Å²) in [5.74, 6) is -0.0709. The molecular formula is C14H15FN2O3S. The average Bonchev–Trinajstić information content (AvgIpc) is 2.44. The number of ether oxygens (including phenoxy) is 1. The lowest BCUT2D eigenvalue weighted by Crippen LogP contribution is -2.23. The minimum Gasteiger partial charge on any atom is -0.497 e.